The van der Waals surface area contributed by atoms with Crippen LogP contribution in [0.15, 0.2) is 23.3 Å². The van der Waals surface area contributed by atoms with Gasteiger partial charge < -0.3 is 5.11 Å². The Balaban J connectivity index is 3.10. The summed E-state index contributed by atoms with van der Waals surface area (Å²) in [5.41, 5.74) is -1.62. The minimum absolute atomic E-state index is 0.356. The maximum absolute atomic E-state index is 12.4. The molecule has 1 N–H and O–H groups in total. The molecule has 0 heterocycles. The summed E-state index contributed by atoms with van der Waals surface area (Å²) in [6, 6.07) is 0. The van der Waals surface area contributed by atoms with E-state index < -0.39 is 36.4 Å². The van der Waals surface area contributed by atoms with Crippen LogP contribution in [0.5, 0.6) is 0 Å². The van der Waals surface area contributed by atoms with Crippen molar-refractivity contribution in [2.24, 2.45) is 5.92 Å². The molecule has 0 spiro atoms. The first-order chi connectivity index (χ1) is 7.51. The Hall–Kier alpha value is -0.980. The predicted molar refractivity (Wildman–Crippen MR) is 48.1 cm³/mol. The van der Waals surface area contributed by atoms with Crippen LogP contribution in [0.3, 0.4) is 0 Å². The van der Waals surface area contributed by atoms with Crippen molar-refractivity contribution in [3.63, 3.8) is 0 Å². The van der Waals surface area contributed by atoms with Crippen LogP contribution in [-0.2, 0) is 0 Å². The van der Waals surface area contributed by atoms with Gasteiger partial charge in [0, 0.05) is 5.57 Å². The maximum atomic E-state index is 12.4. The van der Waals surface area contributed by atoms with E-state index >= 15 is 0 Å². The lowest BCUT2D eigenvalue weighted by atomic mass is 9.88. The molecule has 1 aliphatic rings. The molecule has 0 aliphatic heterocycles. The molecule has 1 nitrogen and oxygen atoms in total. The quantitative estimate of drug-likeness (QED) is 0.717. The molecule has 0 aromatic rings. The number of rotatable bonds is 1. The molecule has 0 bridgehead atoms. The van der Waals surface area contributed by atoms with Crippen molar-refractivity contribution in [3.05, 3.63) is 23.3 Å². The predicted octanol–water partition coefficient (Wildman–Crippen LogP) is 3.36. The number of hydrogen-bond donors (Lipinski definition) is 1. The number of halogens is 6. The van der Waals surface area contributed by atoms with Crippen molar-refractivity contribution < 1.29 is 31.4 Å². The minimum atomic E-state index is -4.81. The fourth-order valence-corrected chi connectivity index (χ4v) is 1.50. The summed E-state index contributed by atoms with van der Waals surface area (Å²) in [5, 5.41) is 9.10. The third kappa shape index (κ3) is 3.49. The first-order valence-electron chi connectivity index (χ1n) is 4.76. The van der Waals surface area contributed by atoms with Gasteiger partial charge in [-0.05, 0) is 25.0 Å². The largest absolute Gasteiger partial charge is 0.412 e. The van der Waals surface area contributed by atoms with Gasteiger partial charge in [-0.15, -0.1) is 0 Å². The highest BCUT2D eigenvalue weighted by Crippen LogP contribution is 2.41. The summed E-state index contributed by atoms with van der Waals surface area (Å²) >= 11 is 0. The van der Waals surface area contributed by atoms with E-state index in [1.165, 1.54) is 0 Å². The van der Waals surface area contributed by atoms with Gasteiger partial charge in [0.05, 0.1) is 12.0 Å². The molecule has 0 radical (unpaired) electrons. The molecule has 17 heavy (non-hydrogen) atoms. The summed E-state index contributed by atoms with van der Waals surface area (Å²) in [4.78, 5) is 0. The highest BCUT2D eigenvalue weighted by atomic mass is 19.4. The zero-order valence-corrected chi connectivity index (χ0v) is 8.73. The van der Waals surface area contributed by atoms with Gasteiger partial charge in [-0.25, -0.2) is 0 Å². The third-order valence-corrected chi connectivity index (χ3v) is 2.44. The summed E-state index contributed by atoms with van der Waals surface area (Å²) in [5.74, 6) is -2.20. The molecule has 0 aromatic heterocycles. The number of hydrogen-bond acceptors (Lipinski definition) is 1. The Bertz CT molecular complexity index is 347. The lowest BCUT2D eigenvalue weighted by Crippen LogP contribution is -2.28. The van der Waals surface area contributed by atoms with Gasteiger partial charge in [-0.2, -0.15) is 26.3 Å². The zero-order valence-electron chi connectivity index (χ0n) is 8.73. The van der Waals surface area contributed by atoms with Crippen LogP contribution in [-0.4, -0.2) is 23.6 Å². The van der Waals surface area contributed by atoms with Crippen LogP contribution >= 0.6 is 0 Å². The van der Waals surface area contributed by atoms with Crippen LogP contribution in [0.4, 0.5) is 26.3 Å². The number of aliphatic hydroxyl groups is 1. The highest BCUT2D eigenvalue weighted by molar-refractivity contribution is 5.34. The second-order valence-electron chi connectivity index (χ2n) is 3.86. The lowest BCUT2D eigenvalue weighted by molar-refractivity contribution is -0.166. The van der Waals surface area contributed by atoms with Gasteiger partial charge in [-0.3, -0.25) is 0 Å². The summed E-state index contributed by atoms with van der Waals surface area (Å²) in [6.45, 7) is 1.12. The van der Waals surface area contributed by atoms with Crippen molar-refractivity contribution >= 4 is 0 Å². The molecule has 1 unspecified atom stereocenters. The van der Waals surface area contributed by atoms with Crippen molar-refractivity contribution in [1.82, 2.24) is 0 Å². The number of allylic oxidation sites excluding steroid dienone is 2. The summed E-state index contributed by atoms with van der Waals surface area (Å²) in [6.07, 6.45) is -10.8. The van der Waals surface area contributed by atoms with Crippen LogP contribution in [0, 0.1) is 5.92 Å². The molecule has 98 valence electrons. The molecule has 0 saturated heterocycles. The fourth-order valence-electron chi connectivity index (χ4n) is 1.50. The van der Waals surface area contributed by atoms with Gasteiger partial charge in [0.15, 0.2) is 0 Å². The van der Waals surface area contributed by atoms with E-state index in [9.17, 15) is 26.3 Å². The standard InChI is InChI=1S/C10H10F6O/c1-5(17)6-2-7(9(11,12)13)4-8(3-6)10(14,15)16/h2-3,5,7,17H,4H2,1H3/t5-,7?/m1/s1. The second-order valence-corrected chi connectivity index (χ2v) is 3.86. The number of alkyl halides is 6. The molecule has 0 saturated carbocycles. The molecule has 1 rings (SSSR count). The molecule has 0 amide bonds. The maximum Gasteiger partial charge on any atom is 0.412 e. The monoisotopic (exact) mass is 260 g/mol. The Morgan fingerprint density at radius 2 is 1.76 bits per heavy atom. The summed E-state index contributed by atoms with van der Waals surface area (Å²) < 4.78 is 74.4. The smallest absolute Gasteiger partial charge is 0.389 e. The van der Waals surface area contributed by atoms with Gasteiger partial charge in [-0.1, -0.05) is 6.08 Å². The molecule has 0 fully saturated rings. The normalized spacial score (nSPS) is 24.1. The Morgan fingerprint density at radius 3 is 2.12 bits per heavy atom. The van der Waals surface area contributed by atoms with Gasteiger partial charge in [0.1, 0.15) is 0 Å². The van der Waals surface area contributed by atoms with Crippen molar-refractivity contribution in [3.8, 4) is 0 Å². The van der Waals surface area contributed by atoms with Crippen LogP contribution < -0.4 is 0 Å². The molecule has 7 heteroatoms. The SMILES string of the molecule is C[C@@H](O)C1=CC(C(F)(F)F)CC(C(F)(F)F)=C1. The first kappa shape index (κ1) is 14.1. The third-order valence-electron chi connectivity index (χ3n) is 2.44. The Labute approximate surface area is 93.4 Å². The lowest BCUT2D eigenvalue weighted by Gasteiger charge is -2.25. The van der Waals surface area contributed by atoms with Crippen LogP contribution in [0.25, 0.3) is 0 Å². The Kier molecular flexibility index (Phi) is 3.61. The molecule has 0 aromatic carbocycles. The van der Waals surface area contributed by atoms with Gasteiger partial charge in [0.25, 0.3) is 0 Å². The highest BCUT2D eigenvalue weighted by Gasteiger charge is 2.45. The van der Waals surface area contributed by atoms with E-state index in [2.05, 4.69) is 0 Å². The second kappa shape index (κ2) is 4.36. The van der Waals surface area contributed by atoms with E-state index in [0.717, 1.165) is 6.92 Å². The number of aliphatic hydroxyl groups excluding tert-OH is 1. The van der Waals surface area contributed by atoms with Crippen molar-refractivity contribution in [2.75, 3.05) is 0 Å². The van der Waals surface area contributed by atoms with E-state index in [1.54, 1.807) is 0 Å². The fraction of sp³-hybridized carbons (Fsp3) is 0.600. The first-order valence-corrected chi connectivity index (χ1v) is 4.76. The minimum Gasteiger partial charge on any atom is -0.389 e. The van der Waals surface area contributed by atoms with E-state index in [-0.39, 0.29) is 5.57 Å². The average molecular weight is 260 g/mol. The van der Waals surface area contributed by atoms with E-state index in [0.29, 0.717) is 12.2 Å². The molecule has 2 atom stereocenters. The van der Waals surface area contributed by atoms with Crippen molar-refractivity contribution in [2.45, 2.75) is 31.8 Å². The van der Waals surface area contributed by atoms with E-state index in [1.807, 2.05) is 0 Å². The molecular formula is C10H10F6O. The topological polar surface area (TPSA) is 20.2 Å². The zero-order chi connectivity index (χ0) is 13.4. The van der Waals surface area contributed by atoms with Crippen LogP contribution in [0.1, 0.15) is 13.3 Å². The van der Waals surface area contributed by atoms with Crippen LogP contribution in [0.2, 0.25) is 0 Å². The molecular weight excluding hydrogens is 250 g/mol. The van der Waals surface area contributed by atoms with Gasteiger partial charge in [0.2, 0.25) is 0 Å². The van der Waals surface area contributed by atoms with Crippen molar-refractivity contribution in [1.29, 1.82) is 0 Å². The molecule has 1 aliphatic carbocycles. The summed E-state index contributed by atoms with van der Waals surface area (Å²) in [7, 11) is 0. The average Bonchev–Trinajstić information content (AvgIpc) is 2.14. The van der Waals surface area contributed by atoms with E-state index in [4.69, 9.17) is 5.11 Å². The van der Waals surface area contributed by atoms with Gasteiger partial charge >= 0.3 is 12.4 Å². The Morgan fingerprint density at radius 1 is 1.24 bits per heavy atom.